The van der Waals surface area contributed by atoms with Crippen molar-refractivity contribution < 1.29 is 9.47 Å². The minimum atomic E-state index is -0.277. The first-order valence-electron chi connectivity index (χ1n) is 6.83. The summed E-state index contributed by atoms with van der Waals surface area (Å²) < 4.78 is 11.5. The van der Waals surface area contributed by atoms with Crippen molar-refractivity contribution in [2.24, 2.45) is 0 Å². The minimum Gasteiger partial charge on any atom is -0.354 e. The number of benzene rings is 2. The summed E-state index contributed by atoms with van der Waals surface area (Å²) in [7, 11) is 0. The summed E-state index contributed by atoms with van der Waals surface area (Å²) in [6.45, 7) is 1.30. The highest BCUT2D eigenvalue weighted by Crippen LogP contribution is 2.38. The zero-order valence-corrected chi connectivity index (χ0v) is 11.0. The number of aromatic amines is 1. The second-order valence-electron chi connectivity index (χ2n) is 4.90. The molecule has 0 aliphatic carbocycles. The first-order chi connectivity index (χ1) is 9.93. The van der Waals surface area contributed by atoms with Crippen LogP contribution in [0, 0.1) is 0 Å². The third kappa shape index (κ3) is 1.83. The number of nitrogens with one attached hydrogen (secondary N) is 1. The van der Waals surface area contributed by atoms with Crippen molar-refractivity contribution in [3.8, 4) is 11.3 Å². The van der Waals surface area contributed by atoms with Crippen LogP contribution in [0.5, 0.6) is 0 Å². The van der Waals surface area contributed by atoms with Crippen LogP contribution in [-0.4, -0.2) is 18.2 Å². The molecule has 1 saturated heterocycles. The van der Waals surface area contributed by atoms with E-state index in [4.69, 9.17) is 9.47 Å². The lowest BCUT2D eigenvalue weighted by atomic mass is 10.0. The molecule has 1 aliphatic heterocycles. The summed E-state index contributed by atoms with van der Waals surface area (Å²) in [5.41, 5.74) is 4.45. The van der Waals surface area contributed by atoms with Gasteiger partial charge in [-0.15, -0.1) is 0 Å². The Hall–Kier alpha value is -2.10. The van der Waals surface area contributed by atoms with Gasteiger partial charge in [0.2, 0.25) is 0 Å². The van der Waals surface area contributed by atoms with E-state index in [1.54, 1.807) is 0 Å². The molecule has 0 saturated carbocycles. The Bertz CT molecular complexity index is 727. The molecule has 4 rings (SSSR count). The summed E-state index contributed by atoms with van der Waals surface area (Å²) >= 11 is 0. The zero-order valence-electron chi connectivity index (χ0n) is 11.0. The Labute approximate surface area is 117 Å². The van der Waals surface area contributed by atoms with Crippen LogP contribution in [0.4, 0.5) is 0 Å². The van der Waals surface area contributed by atoms with Gasteiger partial charge in [-0.2, -0.15) is 0 Å². The summed E-state index contributed by atoms with van der Waals surface area (Å²) in [5.74, 6) is 0. The zero-order chi connectivity index (χ0) is 13.4. The molecule has 0 bridgehead atoms. The molecular weight excluding hydrogens is 250 g/mol. The average Bonchev–Trinajstić information content (AvgIpc) is 3.14. The lowest BCUT2D eigenvalue weighted by Crippen LogP contribution is -1.99. The third-order valence-corrected chi connectivity index (χ3v) is 3.67. The standard InChI is InChI=1S/C17H15NO2/c1-2-6-12(7-3-1)16-15(17-19-10-11-20-17)13-8-4-5-9-14(13)18-16/h1-9,17-18H,10-11H2. The van der Waals surface area contributed by atoms with E-state index in [1.165, 1.54) is 5.39 Å². The van der Waals surface area contributed by atoms with Gasteiger partial charge in [-0.3, -0.25) is 0 Å². The molecule has 2 heterocycles. The van der Waals surface area contributed by atoms with E-state index in [1.807, 2.05) is 30.3 Å². The van der Waals surface area contributed by atoms with Gasteiger partial charge in [-0.1, -0.05) is 48.5 Å². The second kappa shape index (κ2) is 4.78. The van der Waals surface area contributed by atoms with Crippen LogP contribution in [0.1, 0.15) is 11.9 Å². The lowest BCUT2D eigenvalue weighted by molar-refractivity contribution is -0.0425. The molecule has 100 valence electrons. The van der Waals surface area contributed by atoms with Gasteiger partial charge >= 0.3 is 0 Å². The van der Waals surface area contributed by atoms with E-state index in [0.29, 0.717) is 13.2 Å². The summed E-state index contributed by atoms with van der Waals surface area (Å²) in [4.78, 5) is 3.50. The molecule has 2 aromatic carbocycles. The van der Waals surface area contributed by atoms with Gasteiger partial charge < -0.3 is 14.5 Å². The second-order valence-corrected chi connectivity index (χ2v) is 4.90. The van der Waals surface area contributed by atoms with Crippen LogP contribution in [0.3, 0.4) is 0 Å². The van der Waals surface area contributed by atoms with Crippen LogP contribution in [-0.2, 0) is 9.47 Å². The van der Waals surface area contributed by atoms with E-state index in [2.05, 4.69) is 29.2 Å². The Morgan fingerprint density at radius 2 is 1.55 bits per heavy atom. The van der Waals surface area contributed by atoms with Gasteiger partial charge in [0.1, 0.15) is 0 Å². The van der Waals surface area contributed by atoms with Crippen LogP contribution >= 0.6 is 0 Å². The quantitative estimate of drug-likeness (QED) is 0.763. The third-order valence-electron chi connectivity index (χ3n) is 3.67. The SMILES string of the molecule is c1ccc(-c2[nH]c3ccccc3c2C2OCCO2)cc1. The molecule has 20 heavy (non-hydrogen) atoms. The minimum absolute atomic E-state index is 0.277. The largest absolute Gasteiger partial charge is 0.354 e. The number of para-hydroxylation sites is 1. The molecule has 0 radical (unpaired) electrons. The van der Waals surface area contributed by atoms with Crippen molar-refractivity contribution in [2.45, 2.75) is 6.29 Å². The van der Waals surface area contributed by atoms with Gasteiger partial charge in [-0.05, 0) is 11.6 Å². The monoisotopic (exact) mass is 265 g/mol. The number of rotatable bonds is 2. The fourth-order valence-electron chi connectivity index (χ4n) is 2.77. The van der Waals surface area contributed by atoms with Crippen LogP contribution < -0.4 is 0 Å². The molecule has 0 unspecified atom stereocenters. The van der Waals surface area contributed by atoms with Crippen LogP contribution in [0.15, 0.2) is 54.6 Å². The highest BCUT2D eigenvalue weighted by atomic mass is 16.7. The maximum atomic E-state index is 5.73. The van der Waals surface area contributed by atoms with Crippen molar-refractivity contribution in [3.05, 3.63) is 60.2 Å². The van der Waals surface area contributed by atoms with Gasteiger partial charge in [-0.25, -0.2) is 0 Å². The van der Waals surface area contributed by atoms with E-state index in [-0.39, 0.29) is 6.29 Å². The van der Waals surface area contributed by atoms with E-state index < -0.39 is 0 Å². The average molecular weight is 265 g/mol. The van der Waals surface area contributed by atoms with E-state index >= 15 is 0 Å². The molecule has 1 N–H and O–H groups in total. The van der Waals surface area contributed by atoms with Crippen molar-refractivity contribution in [1.82, 2.24) is 4.98 Å². The molecule has 0 amide bonds. The summed E-state index contributed by atoms with van der Waals surface area (Å²) in [6.07, 6.45) is -0.277. The summed E-state index contributed by atoms with van der Waals surface area (Å²) in [5, 5.41) is 1.17. The predicted octanol–water partition coefficient (Wildman–Crippen LogP) is 3.88. The normalized spacial score (nSPS) is 16.0. The highest BCUT2D eigenvalue weighted by Gasteiger charge is 2.25. The van der Waals surface area contributed by atoms with Gasteiger partial charge in [0.15, 0.2) is 6.29 Å². The van der Waals surface area contributed by atoms with E-state index in [9.17, 15) is 0 Å². The van der Waals surface area contributed by atoms with Crippen molar-refractivity contribution in [1.29, 1.82) is 0 Å². The molecule has 3 heteroatoms. The Balaban J connectivity index is 1.97. The Morgan fingerprint density at radius 1 is 0.850 bits per heavy atom. The first-order valence-corrected chi connectivity index (χ1v) is 6.83. The molecule has 1 fully saturated rings. The molecule has 0 atom stereocenters. The fourth-order valence-corrected chi connectivity index (χ4v) is 2.77. The van der Waals surface area contributed by atoms with Crippen molar-refractivity contribution in [3.63, 3.8) is 0 Å². The van der Waals surface area contributed by atoms with Crippen LogP contribution in [0.2, 0.25) is 0 Å². The molecule has 3 aromatic rings. The molecule has 1 aromatic heterocycles. The number of H-pyrrole nitrogens is 1. The maximum absolute atomic E-state index is 5.73. The predicted molar refractivity (Wildman–Crippen MR) is 78.4 cm³/mol. The number of hydrogen-bond donors (Lipinski definition) is 1. The molecule has 0 spiro atoms. The summed E-state index contributed by atoms with van der Waals surface area (Å²) in [6, 6.07) is 18.6. The number of aromatic nitrogens is 1. The van der Waals surface area contributed by atoms with Gasteiger partial charge in [0.05, 0.1) is 18.9 Å². The number of ether oxygens (including phenoxy) is 2. The highest BCUT2D eigenvalue weighted by molar-refractivity contribution is 5.91. The Morgan fingerprint density at radius 3 is 2.35 bits per heavy atom. The van der Waals surface area contributed by atoms with Gasteiger partial charge in [0.25, 0.3) is 0 Å². The van der Waals surface area contributed by atoms with Gasteiger partial charge in [0, 0.05) is 16.5 Å². The number of hydrogen-bond acceptors (Lipinski definition) is 2. The van der Waals surface area contributed by atoms with Crippen LogP contribution in [0.25, 0.3) is 22.2 Å². The first kappa shape index (κ1) is 11.7. The molecule has 3 nitrogen and oxygen atoms in total. The lowest BCUT2D eigenvalue weighted by Gasteiger charge is -2.11. The van der Waals surface area contributed by atoms with Crippen molar-refractivity contribution >= 4 is 10.9 Å². The number of fused-ring (bicyclic) bond motifs is 1. The Kier molecular flexibility index (Phi) is 2.80. The smallest absolute Gasteiger partial charge is 0.186 e. The topological polar surface area (TPSA) is 34.2 Å². The maximum Gasteiger partial charge on any atom is 0.186 e. The van der Waals surface area contributed by atoms with Crippen molar-refractivity contribution in [2.75, 3.05) is 13.2 Å². The fraction of sp³-hybridized carbons (Fsp3) is 0.176. The van der Waals surface area contributed by atoms with E-state index in [0.717, 1.165) is 22.3 Å². The molecular formula is C17H15NO2. The molecule has 1 aliphatic rings.